The molecule has 1 aromatic heterocycles. The third kappa shape index (κ3) is 2.96. The van der Waals surface area contributed by atoms with E-state index < -0.39 is 0 Å². The van der Waals surface area contributed by atoms with Crippen molar-refractivity contribution < 1.29 is 0 Å². The molecule has 2 nitrogen and oxygen atoms in total. The van der Waals surface area contributed by atoms with Gasteiger partial charge in [0.05, 0.1) is 0 Å². The number of halogens is 1. The van der Waals surface area contributed by atoms with Crippen LogP contribution in [0, 0.1) is 0 Å². The molecule has 1 aromatic rings. The van der Waals surface area contributed by atoms with E-state index in [-0.39, 0.29) is 5.54 Å². The van der Waals surface area contributed by atoms with E-state index in [4.69, 9.17) is 11.6 Å². The highest BCUT2D eigenvalue weighted by Gasteiger charge is 2.25. The van der Waals surface area contributed by atoms with E-state index in [0.29, 0.717) is 5.15 Å². The number of hydrogen-bond donors (Lipinski definition) is 1. The van der Waals surface area contributed by atoms with E-state index in [9.17, 15) is 0 Å². The van der Waals surface area contributed by atoms with Crippen LogP contribution in [-0.2, 0) is 6.54 Å². The highest BCUT2D eigenvalue weighted by atomic mass is 35.5. The fourth-order valence-corrected chi connectivity index (χ4v) is 2.55. The highest BCUT2D eigenvalue weighted by Crippen LogP contribution is 2.28. The van der Waals surface area contributed by atoms with E-state index in [1.54, 1.807) is 6.20 Å². The smallest absolute Gasteiger partial charge is 0.133 e. The molecule has 0 saturated heterocycles. The first-order valence-electron chi connectivity index (χ1n) is 6.04. The Morgan fingerprint density at radius 1 is 1.38 bits per heavy atom. The molecule has 1 saturated carbocycles. The van der Waals surface area contributed by atoms with Crippen molar-refractivity contribution in [3.8, 4) is 0 Å². The number of nitrogens with one attached hydrogen (secondary N) is 1. The van der Waals surface area contributed by atoms with Crippen LogP contribution in [0.5, 0.6) is 0 Å². The molecule has 0 unspecified atom stereocenters. The molecule has 1 fully saturated rings. The maximum Gasteiger partial charge on any atom is 0.133 e. The zero-order chi connectivity index (χ0) is 11.4. The molecule has 0 amide bonds. The SMILES string of the molecule is CC1(NCc2cccnc2Cl)CCCCC1. The molecular weight excluding hydrogens is 220 g/mol. The van der Waals surface area contributed by atoms with Gasteiger partial charge in [0.2, 0.25) is 0 Å². The summed E-state index contributed by atoms with van der Waals surface area (Å²) >= 11 is 6.04. The Bertz CT molecular complexity index is 346. The molecule has 0 bridgehead atoms. The molecule has 16 heavy (non-hydrogen) atoms. The Morgan fingerprint density at radius 2 is 2.12 bits per heavy atom. The zero-order valence-corrected chi connectivity index (χ0v) is 10.6. The van der Waals surface area contributed by atoms with Crippen molar-refractivity contribution in [1.29, 1.82) is 0 Å². The Morgan fingerprint density at radius 3 is 2.81 bits per heavy atom. The molecule has 0 aliphatic heterocycles. The second-order valence-electron chi connectivity index (χ2n) is 4.93. The van der Waals surface area contributed by atoms with Gasteiger partial charge in [-0.3, -0.25) is 0 Å². The topological polar surface area (TPSA) is 24.9 Å². The average molecular weight is 239 g/mol. The van der Waals surface area contributed by atoms with Gasteiger partial charge in [-0.25, -0.2) is 4.98 Å². The van der Waals surface area contributed by atoms with Gasteiger partial charge in [-0.05, 0) is 25.8 Å². The maximum atomic E-state index is 6.04. The first-order valence-corrected chi connectivity index (χ1v) is 6.42. The van der Waals surface area contributed by atoms with E-state index in [2.05, 4.69) is 17.2 Å². The third-order valence-corrected chi connectivity index (χ3v) is 3.84. The van der Waals surface area contributed by atoms with Gasteiger partial charge >= 0.3 is 0 Å². The molecule has 1 aliphatic rings. The number of hydrogen-bond acceptors (Lipinski definition) is 2. The van der Waals surface area contributed by atoms with Crippen molar-refractivity contribution in [2.75, 3.05) is 0 Å². The summed E-state index contributed by atoms with van der Waals surface area (Å²) in [6, 6.07) is 3.97. The zero-order valence-electron chi connectivity index (χ0n) is 9.80. The van der Waals surface area contributed by atoms with Gasteiger partial charge in [0.1, 0.15) is 5.15 Å². The molecule has 1 aliphatic carbocycles. The number of rotatable bonds is 3. The van der Waals surface area contributed by atoms with Crippen LogP contribution in [0.3, 0.4) is 0 Å². The first-order chi connectivity index (χ1) is 7.70. The van der Waals surface area contributed by atoms with E-state index in [1.165, 1.54) is 32.1 Å². The van der Waals surface area contributed by atoms with E-state index in [0.717, 1.165) is 12.1 Å². The van der Waals surface area contributed by atoms with Crippen LogP contribution in [0.2, 0.25) is 5.15 Å². The number of nitrogens with zero attached hydrogens (tertiary/aromatic N) is 1. The summed E-state index contributed by atoms with van der Waals surface area (Å²) in [5.74, 6) is 0. The highest BCUT2D eigenvalue weighted by molar-refractivity contribution is 6.30. The fourth-order valence-electron chi connectivity index (χ4n) is 2.37. The van der Waals surface area contributed by atoms with Gasteiger partial charge in [0.25, 0.3) is 0 Å². The molecule has 0 aromatic carbocycles. The lowest BCUT2D eigenvalue weighted by atomic mass is 9.83. The summed E-state index contributed by atoms with van der Waals surface area (Å²) in [5, 5.41) is 4.25. The molecular formula is C13H19ClN2. The van der Waals surface area contributed by atoms with Gasteiger partial charge in [-0.15, -0.1) is 0 Å². The van der Waals surface area contributed by atoms with Gasteiger partial charge < -0.3 is 5.32 Å². The molecule has 0 spiro atoms. The summed E-state index contributed by atoms with van der Waals surface area (Å²) in [5.41, 5.74) is 1.38. The molecule has 0 radical (unpaired) electrons. The molecule has 2 rings (SSSR count). The van der Waals surface area contributed by atoms with E-state index >= 15 is 0 Å². The Balaban J connectivity index is 1.94. The summed E-state index contributed by atoms with van der Waals surface area (Å²) in [4.78, 5) is 4.09. The van der Waals surface area contributed by atoms with Crippen molar-refractivity contribution in [2.45, 2.75) is 51.1 Å². The Labute approximate surface area is 102 Å². The molecule has 0 atom stereocenters. The predicted octanol–water partition coefficient (Wildman–Crippen LogP) is 3.55. The van der Waals surface area contributed by atoms with Crippen LogP contribution in [0.4, 0.5) is 0 Å². The van der Waals surface area contributed by atoms with Crippen molar-refractivity contribution >= 4 is 11.6 Å². The van der Waals surface area contributed by atoms with Gasteiger partial charge in [0, 0.05) is 23.8 Å². The third-order valence-electron chi connectivity index (χ3n) is 3.50. The van der Waals surface area contributed by atoms with Crippen molar-refractivity contribution in [3.63, 3.8) is 0 Å². The van der Waals surface area contributed by atoms with Crippen LogP contribution >= 0.6 is 11.6 Å². The summed E-state index contributed by atoms with van der Waals surface area (Å²) < 4.78 is 0. The monoisotopic (exact) mass is 238 g/mol. The minimum atomic E-state index is 0.289. The quantitative estimate of drug-likeness (QED) is 0.815. The summed E-state index contributed by atoms with van der Waals surface area (Å²) in [6.45, 7) is 3.14. The molecule has 3 heteroatoms. The fraction of sp³-hybridized carbons (Fsp3) is 0.615. The summed E-state index contributed by atoms with van der Waals surface area (Å²) in [7, 11) is 0. The minimum Gasteiger partial charge on any atom is -0.307 e. The second-order valence-corrected chi connectivity index (χ2v) is 5.29. The number of aromatic nitrogens is 1. The summed E-state index contributed by atoms with van der Waals surface area (Å²) in [6.07, 6.45) is 8.32. The molecule has 88 valence electrons. The van der Waals surface area contributed by atoms with Crippen molar-refractivity contribution in [3.05, 3.63) is 29.0 Å². The minimum absolute atomic E-state index is 0.289. The lowest BCUT2D eigenvalue weighted by Crippen LogP contribution is -2.43. The van der Waals surface area contributed by atoms with Crippen molar-refractivity contribution in [1.82, 2.24) is 10.3 Å². The van der Waals surface area contributed by atoms with Crippen LogP contribution < -0.4 is 5.32 Å². The van der Waals surface area contributed by atoms with Crippen LogP contribution in [0.25, 0.3) is 0 Å². The van der Waals surface area contributed by atoms with Crippen LogP contribution in [0.1, 0.15) is 44.6 Å². The van der Waals surface area contributed by atoms with Crippen LogP contribution in [-0.4, -0.2) is 10.5 Å². The Kier molecular flexibility index (Phi) is 3.82. The van der Waals surface area contributed by atoms with E-state index in [1.807, 2.05) is 12.1 Å². The van der Waals surface area contributed by atoms with Gasteiger partial charge in [-0.1, -0.05) is 36.9 Å². The molecule has 1 heterocycles. The second kappa shape index (κ2) is 5.15. The predicted molar refractivity (Wildman–Crippen MR) is 67.6 cm³/mol. The lowest BCUT2D eigenvalue weighted by Gasteiger charge is -2.34. The molecule has 1 N–H and O–H groups in total. The number of pyridine rings is 1. The normalized spacial score (nSPS) is 19.6. The average Bonchev–Trinajstić information content (AvgIpc) is 2.29. The lowest BCUT2D eigenvalue weighted by molar-refractivity contribution is 0.252. The van der Waals surface area contributed by atoms with Crippen molar-refractivity contribution in [2.24, 2.45) is 0 Å². The maximum absolute atomic E-state index is 6.04. The van der Waals surface area contributed by atoms with Gasteiger partial charge in [0.15, 0.2) is 0 Å². The first kappa shape index (κ1) is 11.9. The standard InChI is InChI=1S/C13H19ClN2/c1-13(7-3-2-4-8-13)16-10-11-6-5-9-15-12(11)14/h5-6,9,16H,2-4,7-8,10H2,1H3. The van der Waals surface area contributed by atoms with Crippen LogP contribution in [0.15, 0.2) is 18.3 Å². The Hall–Kier alpha value is -0.600. The largest absolute Gasteiger partial charge is 0.307 e. The van der Waals surface area contributed by atoms with Gasteiger partial charge in [-0.2, -0.15) is 0 Å².